The van der Waals surface area contributed by atoms with E-state index in [4.69, 9.17) is 0 Å². The summed E-state index contributed by atoms with van der Waals surface area (Å²) in [6.45, 7) is 0. The lowest BCUT2D eigenvalue weighted by Crippen LogP contribution is -2.01. The normalized spacial score (nSPS) is 12.0. The van der Waals surface area contributed by atoms with E-state index in [9.17, 15) is 17.6 Å². The zero-order valence-electron chi connectivity index (χ0n) is 7.71. The molecular formula is C10H5Br2F4. The van der Waals surface area contributed by atoms with E-state index in [1.165, 1.54) is 4.99 Å². The standard InChI is InChI=1S/C10H5Br2F4/c11-4-5(12)1-2-6-9(15)7(13)3-8(14)10(6)16/h2-4H,1H2/b5-4+. The molecule has 0 aliphatic carbocycles. The minimum Gasteiger partial charge on any atom is -0.204 e. The Hall–Kier alpha value is -0.360. The fourth-order valence-electron chi connectivity index (χ4n) is 1.01. The molecule has 0 aliphatic heterocycles. The highest BCUT2D eigenvalue weighted by Crippen LogP contribution is 2.24. The van der Waals surface area contributed by atoms with E-state index in [1.807, 2.05) is 0 Å². The largest absolute Gasteiger partial charge is 0.204 e. The lowest BCUT2D eigenvalue weighted by atomic mass is 10.1. The monoisotopic (exact) mass is 359 g/mol. The molecular weight excluding hydrogens is 356 g/mol. The first-order valence-corrected chi connectivity index (χ1v) is 5.79. The van der Waals surface area contributed by atoms with Crippen molar-refractivity contribution in [3.8, 4) is 0 Å². The number of benzene rings is 1. The van der Waals surface area contributed by atoms with E-state index < -0.39 is 28.8 Å². The Morgan fingerprint density at radius 3 is 2.06 bits per heavy atom. The van der Waals surface area contributed by atoms with Gasteiger partial charge in [-0.3, -0.25) is 0 Å². The van der Waals surface area contributed by atoms with Crippen LogP contribution in [0.5, 0.6) is 0 Å². The third-order valence-corrected chi connectivity index (χ3v) is 3.49. The van der Waals surface area contributed by atoms with E-state index in [2.05, 4.69) is 31.9 Å². The van der Waals surface area contributed by atoms with Crippen LogP contribution in [-0.4, -0.2) is 0 Å². The molecule has 0 fully saturated rings. The van der Waals surface area contributed by atoms with Crippen molar-refractivity contribution in [2.45, 2.75) is 6.42 Å². The molecule has 1 aromatic carbocycles. The van der Waals surface area contributed by atoms with Crippen molar-refractivity contribution in [3.05, 3.63) is 50.8 Å². The third-order valence-electron chi connectivity index (χ3n) is 1.77. The molecule has 0 saturated heterocycles. The zero-order chi connectivity index (χ0) is 12.3. The molecule has 0 amide bonds. The number of hydrogen-bond donors (Lipinski definition) is 0. The fraction of sp³-hybridized carbons (Fsp3) is 0.100. The summed E-state index contributed by atoms with van der Waals surface area (Å²) in [5.74, 6) is -5.62. The summed E-state index contributed by atoms with van der Waals surface area (Å²) in [5.41, 5.74) is -0.705. The van der Waals surface area contributed by atoms with Crippen molar-refractivity contribution >= 4 is 31.9 Å². The molecule has 87 valence electrons. The Morgan fingerprint density at radius 1 is 1.12 bits per heavy atom. The van der Waals surface area contributed by atoms with Gasteiger partial charge in [0.2, 0.25) is 0 Å². The highest BCUT2D eigenvalue weighted by Gasteiger charge is 2.18. The molecule has 0 atom stereocenters. The SMILES string of the molecule is Fc1cc(F)c(F)c([CH]C/C(Br)=C\Br)c1F. The Morgan fingerprint density at radius 2 is 1.62 bits per heavy atom. The van der Waals surface area contributed by atoms with Crippen LogP contribution in [-0.2, 0) is 0 Å². The van der Waals surface area contributed by atoms with E-state index in [-0.39, 0.29) is 12.5 Å². The van der Waals surface area contributed by atoms with Gasteiger partial charge in [0.1, 0.15) is 0 Å². The molecule has 0 heterocycles. The molecule has 0 bridgehead atoms. The molecule has 1 rings (SSSR count). The molecule has 0 aromatic heterocycles. The van der Waals surface area contributed by atoms with Gasteiger partial charge in [-0.15, -0.1) is 0 Å². The lowest BCUT2D eigenvalue weighted by molar-refractivity contribution is 0.446. The van der Waals surface area contributed by atoms with Crippen LogP contribution in [0.1, 0.15) is 12.0 Å². The van der Waals surface area contributed by atoms with Gasteiger partial charge in [0.15, 0.2) is 23.3 Å². The summed E-state index contributed by atoms with van der Waals surface area (Å²) >= 11 is 6.06. The second-order valence-electron chi connectivity index (χ2n) is 2.85. The van der Waals surface area contributed by atoms with Gasteiger partial charge >= 0.3 is 0 Å². The Labute approximate surface area is 107 Å². The van der Waals surface area contributed by atoms with Crippen LogP contribution in [0, 0.1) is 29.7 Å². The van der Waals surface area contributed by atoms with Crippen molar-refractivity contribution in [1.29, 1.82) is 0 Å². The predicted octanol–water partition coefficient (Wildman–Crippen LogP) is 4.82. The topological polar surface area (TPSA) is 0 Å². The second-order valence-corrected chi connectivity index (χ2v) is 4.32. The van der Waals surface area contributed by atoms with Crippen LogP contribution < -0.4 is 0 Å². The smallest absolute Gasteiger partial charge is 0.165 e. The Kier molecular flexibility index (Phi) is 4.98. The first kappa shape index (κ1) is 13.7. The summed E-state index contributed by atoms with van der Waals surface area (Å²) < 4.78 is 52.4. The molecule has 0 saturated carbocycles. The average Bonchev–Trinajstić information content (AvgIpc) is 2.26. The van der Waals surface area contributed by atoms with Crippen molar-refractivity contribution in [2.24, 2.45) is 0 Å². The van der Waals surface area contributed by atoms with Crippen molar-refractivity contribution in [2.75, 3.05) is 0 Å². The van der Waals surface area contributed by atoms with Gasteiger partial charge in [0.05, 0.1) is 0 Å². The van der Waals surface area contributed by atoms with Gasteiger partial charge in [-0.1, -0.05) is 31.9 Å². The number of halogens is 6. The van der Waals surface area contributed by atoms with Crippen molar-refractivity contribution in [1.82, 2.24) is 0 Å². The van der Waals surface area contributed by atoms with Gasteiger partial charge in [-0.25, -0.2) is 17.6 Å². The number of hydrogen-bond acceptors (Lipinski definition) is 0. The maximum Gasteiger partial charge on any atom is 0.165 e. The van der Waals surface area contributed by atoms with Crippen LogP contribution >= 0.6 is 31.9 Å². The minimum absolute atomic E-state index is 0.113. The summed E-state index contributed by atoms with van der Waals surface area (Å²) in [6, 6.07) is 0.178. The van der Waals surface area contributed by atoms with E-state index in [0.717, 1.165) is 6.42 Å². The van der Waals surface area contributed by atoms with Gasteiger partial charge in [0.25, 0.3) is 0 Å². The molecule has 1 aromatic rings. The van der Waals surface area contributed by atoms with Crippen LogP contribution in [0.15, 0.2) is 15.5 Å². The zero-order valence-corrected chi connectivity index (χ0v) is 10.9. The summed E-state index contributed by atoms with van der Waals surface area (Å²) in [6.07, 6.45) is 1.17. The maximum absolute atomic E-state index is 13.1. The van der Waals surface area contributed by atoms with Crippen molar-refractivity contribution < 1.29 is 17.6 Å². The van der Waals surface area contributed by atoms with E-state index in [1.54, 1.807) is 0 Å². The molecule has 0 aliphatic rings. The predicted molar refractivity (Wildman–Crippen MR) is 60.2 cm³/mol. The quantitative estimate of drug-likeness (QED) is 0.535. The maximum atomic E-state index is 13.1. The lowest BCUT2D eigenvalue weighted by Gasteiger charge is -2.05. The summed E-state index contributed by atoms with van der Waals surface area (Å²) in [5, 5.41) is 0. The van der Waals surface area contributed by atoms with Crippen LogP contribution in [0.4, 0.5) is 17.6 Å². The van der Waals surface area contributed by atoms with Gasteiger partial charge in [-0.05, 0) is 11.4 Å². The molecule has 6 heteroatoms. The van der Waals surface area contributed by atoms with E-state index in [0.29, 0.717) is 4.48 Å². The molecule has 16 heavy (non-hydrogen) atoms. The minimum atomic E-state index is -1.41. The van der Waals surface area contributed by atoms with Crippen LogP contribution in [0.2, 0.25) is 0 Å². The average molecular weight is 361 g/mol. The molecule has 0 spiro atoms. The highest BCUT2D eigenvalue weighted by atomic mass is 79.9. The van der Waals surface area contributed by atoms with Gasteiger partial charge in [0, 0.05) is 22.5 Å². The van der Waals surface area contributed by atoms with Crippen molar-refractivity contribution in [3.63, 3.8) is 0 Å². The van der Waals surface area contributed by atoms with Gasteiger partial charge < -0.3 is 0 Å². The fourth-order valence-corrected chi connectivity index (χ4v) is 1.36. The first-order chi connectivity index (χ1) is 7.47. The highest BCUT2D eigenvalue weighted by molar-refractivity contribution is 9.14. The third kappa shape index (κ3) is 3.07. The second kappa shape index (κ2) is 5.82. The summed E-state index contributed by atoms with van der Waals surface area (Å²) in [4.78, 5) is 1.48. The Balaban J connectivity index is 3.03. The molecule has 1 radical (unpaired) electrons. The Bertz CT molecular complexity index is 403. The number of allylic oxidation sites excluding steroid dienone is 1. The van der Waals surface area contributed by atoms with Crippen LogP contribution in [0.25, 0.3) is 0 Å². The molecule has 0 N–H and O–H groups in total. The molecule has 0 nitrogen and oxygen atoms in total. The molecule has 0 unspecified atom stereocenters. The first-order valence-electron chi connectivity index (χ1n) is 4.08. The number of rotatable bonds is 3. The van der Waals surface area contributed by atoms with Crippen LogP contribution in [0.3, 0.4) is 0 Å². The van der Waals surface area contributed by atoms with E-state index >= 15 is 0 Å². The van der Waals surface area contributed by atoms with Gasteiger partial charge in [-0.2, -0.15) is 0 Å². The summed E-state index contributed by atoms with van der Waals surface area (Å²) in [7, 11) is 0.